The normalized spacial score (nSPS) is 14.1. The fourth-order valence-corrected chi connectivity index (χ4v) is 2.32. The summed E-state index contributed by atoms with van der Waals surface area (Å²) in [5.41, 5.74) is 4.26. The number of aryl methyl sites for hydroxylation is 2. The van der Waals surface area contributed by atoms with Gasteiger partial charge in [-0.25, -0.2) is 0 Å². The number of Topliss-reactive ketones (excluding diaryl/α,β-unsaturated/α-hetero) is 1. The zero-order valence-corrected chi connectivity index (χ0v) is 11.0. The minimum absolute atomic E-state index is 0.385. The van der Waals surface area contributed by atoms with Gasteiger partial charge in [-0.15, -0.1) is 6.58 Å². The van der Waals surface area contributed by atoms with Crippen LogP contribution in [0.1, 0.15) is 34.8 Å². The second-order valence-corrected chi connectivity index (χ2v) is 4.97. The summed E-state index contributed by atoms with van der Waals surface area (Å²) >= 11 is 0. The second kappa shape index (κ2) is 4.41. The van der Waals surface area contributed by atoms with Crippen LogP contribution in [0.5, 0.6) is 0 Å². The van der Waals surface area contributed by atoms with Crippen molar-refractivity contribution in [3.8, 4) is 0 Å². The molecule has 0 spiro atoms. The summed E-state index contributed by atoms with van der Waals surface area (Å²) in [6, 6.07) is 3.84. The van der Waals surface area contributed by atoms with Crippen molar-refractivity contribution < 1.29 is 9.59 Å². The maximum Gasteiger partial charge on any atom is 0.299 e. The molecule has 2 rings (SSSR count). The van der Waals surface area contributed by atoms with Gasteiger partial charge in [0.1, 0.15) is 0 Å². The molecule has 0 aliphatic carbocycles. The van der Waals surface area contributed by atoms with Gasteiger partial charge in [0.15, 0.2) is 0 Å². The van der Waals surface area contributed by atoms with Gasteiger partial charge in [-0.3, -0.25) is 9.59 Å². The lowest BCUT2D eigenvalue weighted by atomic mass is 10.0. The Kier molecular flexibility index (Phi) is 3.07. The molecule has 3 nitrogen and oxygen atoms in total. The van der Waals surface area contributed by atoms with Gasteiger partial charge in [-0.2, -0.15) is 0 Å². The predicted molar refractivity (Wildman–Crippen MR) is 72.0 cm³/mol. The molecule has 94 valence electrons. The second-order valence-electron chi connectivity index (χ2n) is 4.97. The third-order valence-electron chi connectivity index (χ3n) is 3.18. The molecule has 0 bridgehead atoms. The predicted octanol–water partition coefficient (Wildman–Crippen LogP) is 2.80. The monoisotopic (exact) mass is 243 g/mol. The van der Waals surface area contributed by atoms with Crippen LogP contribution in [0.3, 0.4) is 0 Å². The van der Waals surface area contributed by atoms with Crippen LogP contribution in [-0.4, -0.2) is 18.2 Å². The van der Waals surface area contributed by atoms with E-state index in [1.165, 1.54) is 0 Å². The minimum Gasteiger partial charge on any atom is -0.304 e. The first-order valence-corrected chi connectivity index (χ1v) is 6.03. The molecular weight excluding hydrogens is 226 g/mol. The zero-order chi connectivity index (χ0) is 13.4. The number of rotatable bonds is 3. The lowest BCUT2D eigenvalue weighted by molar-refractivity contribution is -0.114. The number of nitrogens with zero attached hydrogens (tertiary/aromatic N) is 1. The number of benzene rings is 1. The van der Waals surface area contributed by atoms with Crippen LogP contribution in [0.4, 0.5) is 5.69 Å². The number of carbonyl (C=O) groups is 2. The van der Waals surface area contributed by atoms with Crippen LogP contribution >= 0.6 is 0 Å². The zero-order valence-electron chi connectivity index (χ0n) is 11.0. The van der Waals surface area contributed by atoms with Crippen LogP contribution in [0, 0.1) is 13.8 Å². The summed E-state index contributed by atoms with van der Waals surface area (Å²) in [6.07, 6.45) is 0.714. The van der Waals surface area contributed by atoms with E-state index in [1.54, 1.807) is 4.90 Å². The fraction of sp³-hybridized carbons (Fsp3) is 0.333. The molecular formula is C15H17NO2. The van der Waals surface area contributed by atoms with Gasteiger partial charge in [0, 0.05) is 6.54 Å². The summed E-state index contributed by atoms with van der Waals surface area (Å²) in [7, 11) is 0. The quantitative estimate of drug-likeness (QED) is 0.604. The van der Waals surface area contributed by atoms with Gasteiger partial charge < -0.3 is 4.90 Å². The van der Waals surface area contributed by atoms with Crippen LogP contribution in [-0.2, 0) is 4.79 Å². The van der Waals surface area contributed by atoms with Crippen molar-refractivity contribution in [1.29, 1.82) is 0 Å². The Hall–Kier alpha value is -1.90. The minimum atomic E-state index is -0.417. The molecule has 1 aliphatic heterocycles. The van der Waals surface area contributed by atoms with Crippen LogP contribution in [0.2, 0.25) is 0 Å². The average molecular weight is 243 g/mol. The van der Waals surface area contributed by atoms with E-state index >= 15 is 0 Å². The van der Waals surface area contributed by atoms with Gasteiger partial charge in [0.2, 0.25) is 0 Å². The third kappa shape index (κ3) is 1.96. The molecule has 18 heavy (non-hydrogen) atoms. The number of hydrogen-bond donors (Lipinski definition) is 0. The molecule has 3 heteroatoms. The SMILES string of the molecule is C=C(C)CCN1C(=O)C(=O)c2c(C)cc(C)cc21. The molecule has 0 aromatic heterocycles. The maximum atomic E-state index is 12.0. The lowest BCUT2D eigenvalue weighted by Gasteiger charge is -2.17. The number of carbonyl (C=O) groups excluding carboxylic acids is 2. The first kappa shape index (κ1) is 12.6. The summed E-state index contributed by atoms with van der Waals surface area (Å²) in [5, 5.41) is 0. The molecule has 1 amide bonds. The van der Waals surface area contributed by atoms with Crippen LogP contribution in [0.15, 0.2) is 24.3 Å². The smallest absolute Gasteiger partial charge is 0.299 e. The Morgan fingerprint density at radius 1 is 1.28 bits per heavy atom. The van der Waals surface area contributed by atoms with E-state index in [1.807, 2.05) is 32.9 Å². The number of ketones is 1. The van der Waals surface area contributed by atoms with Crippen molar-refractivity contribution in [3.63, 3.8) is 0 Å². The molecule has 1 heterocycles. The van der Waals surface area contributed by atoms with Crippen LogP contribution in [0.25, 0.3) is 0 Å². The number of hydrogen-bond acceptors (Lipinski definition) is 2. The van der Waals surface area contributed by atoms with Crippen molar-refractivity contribution in [2.45, 2.75) is 27.2 Å². The first-order chi connectivity index (χ1) is 8.41. The van der Waals surface area contributed by atoms with Crippen molar-refractivity contribution >= 4 is 17.4 Å². The molecule has 0 radical (unpaired) electrons. The largest absolute Gasteiger partial charge is 0.304 e. The highest BCUT2D eigenvalue weighted by Crippen LogP contribution is 2.32. The van der Waals surface area contributed by atoms with E-state index in [4.69, 9.17) is 0 Å². The standard InChI is InChI=1S/C15H17NO2/c1-9(2)5-6-16-12-8-10(3)7-11(4)13(12)14(17)15(16)18/h7-8H,1,5-6H2,2-4H3. The summed E-state index contributed by atoms with van der Waals surface area (Å²) in [5.74, 6) is -0.802. The number of anilines is 1. The highest BCUT2D eigenvalue weighted by Gasteiger charge is 2.36. The Labute approximate surface area is 107 Å². The van der Waals surface area contributed by atoms with Crippen molar-refractivity contribution in [2.75, 3.05) is 11.4 Å². The third-order valence-corrected chi connectivity index (χ3v) is 3.18. The first-order valence-electron chi connectivity index (χ1n) is 6.03. The van der Waals surface area contributed by atoms with E-state index < -0.39 is 5.91 Å². The Balaban J connectivity index is 2.44. The number of amides is 1. The van der Waals surface area contributed by atoms with Gasteiger partial charge in [-0.1, -0.05) is 11.6 Å². The van der Waals surface area contributed by atoms with E-state index in [9.17, 15) is 9.59 Å². The Morgan fingerprint density at radius 3 is 2.56 bits per heavy atom. The summed E-state index contributed by atoms with van der Waals surface area (Å²) in [4.78, 5) is 25.5. The van der Waals surface area contributed by atoms with E-state index in [0.717, 1.165) is 22.4 Å². The molecule has 1 aromatic rings. The molecule has 0 saturated heterocycles. The average Bonchev–Trinajstić information content (AvgIpc) is 2.49. The molecule has 0 saturated carbocycles. The lowest BCUT2D eigenvalue weighted by Crippen LogP contribution is -2.30. The van der Waals surface area contributed by atoms with Crippen molar-refractivity contribution in [1.82, 2.24) is 0 Å². The molecule has 0 fully saturated rings. The number of fused-ring (bicyclic) bond motifs is 1. The highest BCUT2D eigenvalue weighted by molar-refractivity contribution is 6.52. The highest BCUT2D eigenvalue weighted by atomic mass is 16.2. The maximum absolute atomic E-state index is 12.0. The molecule has 0 atom stereocenters. The van der Waals surface area contributed by atoms with Gasteiger partial charge in [0.25, 0.3) is 11.7 Å². The van der Waals surface area contributed by atoms with E-state index in [0.29, 0.717) is 18.5 Å². The van der Waals surface area contributed by atoms with E-state index in [2.05, 4.69) is 6.58 Å². The molecule has 0 N–H and O–H groups in total. The molecule has 0 unspecified atom stereocenters. The molecule has 1 aliphatic rings. The van der Waals surface area contributed by atoms with E-state index in [-0.39, 0.29) is 5.78 Å². The topological polar surface area (TPSA) is 37.4 Å². The van der Waals surface area contributed by atoms with Crippen LogP contribution < -0.4 is 4.90 Å². The molecule has 1 aromatic carbocycles. The Morgan fingerprint density at radius 2 is 1.94 bits per heavy atom. The van der Waals surface area contributed by atoms with Crippen molar-refractivity contribution in [3.05, 3.63) is 41.0 Å². The summed E-state index contributed by atoms with van der Waals surface area (Å²) in [6.45, 7) is 10.1. The van der Waals surface area contributed by atoms with Gasteiger partial charge in [-0.05, 0) is 44.4 Å². The fourth-order valence-electron chi connectivity index (χ4n) is 2.32. The van der Waals surface area contributed by atoms with Gasteiger partial charge in [0.05, 0.1) is 11.3 Å². The van der Waals surface area contributed by atoms with Gasteiger partial charge >= 0.3 is 0 Å². The van der Waals surface area contributed by atoms with Crippen molar-refractivity contribution in [2.24, 2.45) is 0 Å². The Bertz CT molecular complexity index is 558. The summed E-state index contributed by atoms with van der Waals surface area (Å²) < 4.78 is 0.